The molecule has 4 rings (SSSR count). The Morgan fingerprint density at radius 1 is 1.18 bits per heavy atom. The minimum absolute atomic E-state index is 0.123. The highest BCUT2D eigenvalue weighted by molar-refractivity contribution is 7.10. The highest BCUT2D eigenvalue weighted by Gasteiger charge is 2.43. The molecule has 4 nitrogen and oxygen atoms in total. The number of esters is 1. The van der Waals surface area contributed by atoms with Gasteiger partial charge >= 0.3 is 5.97 Å². The van der Waals surface area contributed by atoms with Gasteiger partial charge in [0.05, 0.1) is 6.61 Å². The summed E-state index contributed by atoms with van der Waals surface area (Å²) in [4.78, 5) is 31.5. The number of hydrogen-bond acceptors (Lipinski definition) is 5. The largest absolute Gasteiger partial charge is 0.465 e. The van der Waals surface area contributed by atoms with Crippen molar-refractivity contribution in [3.05, 3.63) is 69.6 Å². The molecule has 2 atom stereocenters. The number of ether oxygens (including phenoxy) is 1. The van der Waals surface area contributed by atoms with Crippen molar-refractivity contribution < 1.29 is 14.3 Å². The second kappa shape index (κ2) is 8.23. The van der Waals surface area contributed by atoms with E-state index in [1.807, 2.05) is 54.8 Å². The number of allylic oxidation sites excluding steroid dienone is 2. The van der Waals surface area contributed by atoms with Crippen molar-refractivity contribution in [1.29, 1.82) is 0 Å². The van der Waals surface area contributed by atoms with Crippen LogP contribution in [0.3, 0.4) is 0 Å². The fraction of sp³-hybridized carbons (Fsp3) is 0.348. The molecule has 0 bridgehead atoms. The lowest BCUT2D eigenvalue weighted by molar-refractivity contribution is -0.146. The van der Waals surface area contributed by atoms with Crippen LogP contribution in [0.4, 0.5) is 0 Å². The van der Waals surface area contributed by atoms with E-state index in [1.54, 1.807) is 11.3 Å². The molecule has 1 aliphatic heterocycles. The van der Waals surface area contributed by atoms with Gasteiger partial charge in [0.25, 0.3) is 0 Å². The fourth-order valence-electron chi connectivity index (χ4n) is 4.09. The van der Waals surface area contributed by atoms with Crippen LogP contribution in [-0.2, 0) is 20.7 Å². The van der Waals surface area contributed by atoms with E-state index in [1.165, 1.54) is 0 Å². The molecule has 2 heterocycles. The van der Waals surface area contributed by atoms with Gasteiger partial charge < -0.3 is 4.74 Å². The van der Waals surface area contributed by atoms with E-state index < -0.39 is 5.92 Å². The van der Waals surface area contributed by atoms with Crippen LogP contribution in [-0.4, -0.2) is 24.1 Å². The Kier molecular flexibility index (Phi) is 5.53. The molecule has 2 aliphatic rings. The van der Waals surface area contributed by atoms with E-state index in [4.69, 9.17) is 4.74 Å². The van der Waals surface area contributed by atoms with Gasteiger partial charge in [-0.05, 0) is 36.8 Å². The van der Waals surface area contributed by atoms with Crippen molar-refractivity contribution >= 4 is 28.8 Å². The fourth-order valence-corrected chi connectivity index (χ4v) is 4.96. The Morgan fingerprint density at radius 3 is 2.75 bits per heavy atom. The van der Waals surface area contributed by atoms with Crippen LogP contribution in [0, 0.1) is 5.92 Å². The number of benzene rings is 1. The van der Waals surface area contributed by atoms with Crippen LogP contribution in [0.5, 0.6) is 0 Å². The summed E-state index contributed by atoms with van der Waals surface area (Å²) in [7, 11) is 0. The molecule has 1 aliphatic carbocycles. The van der Waals surface area contributed by atoms with Gasteiger partial charge in [-0.25, -0.2) is 0 Å². The van der Waals surface area contributed by atoms with Crippen molar-refractivity contribution in [2.45, 2.75) is 38.5 Å². The summed E-state index contributed by atoms with van der Waals surface area (Å²) < 4.78 is 5.65. The molecule has 144 valence electrons. The molecule has 0 spiro atoms. The maximum atomic E-state index is 13.1. The first-order valence-electron chi connectivity index (χ1n) is 9.70. The first-order chi connectivity index (χ1) is 13.6. The lowest BCUT2D eigenvalue weighted by Crippen LogP contribution is -2.37. The molecule has 0 N–H and O–H groups in total. The SMILES string of the molecule is CC1=NC2=C(C(=O)CCC2)[C@H](c2cccs2)C1C(=O)OCCc1ccccc1. The Bertz CT molecular complexity index is 928. The number of carbonyl (C=O) groups is 2. The van der Waals surface area contributed by atoms with Gasteiger partial charge in [-0.15, -0.1) is 11.3 Å². The summed E-state index contributed by atoms with van der Waals surface area (Å²) >= 11 is 1.58. The smallest absolute Gasteiger partial charge is 0.315 e. The topological polar surface area (TPSA) is 55.7 Å². The van der Waals surface area contributed by atoms with E-state index in [-0.39, 0.29) is 17.7 Å². The van der Waals surface area contributed by atoms with Crippen LogP contribution in [0.15, 0.2) is 64.1 Å². The van der Waals surface area contributed by atoms with Crippen LogP contribution in [0.25, 0.3) is 0 Å². The van der Waals surface area contributed by atoms with Gasteiger partial charge in [0.15, 0.2) is 5.78 Å². The Hall–Kier alpha value is -2.53. The molecule has 1 aromatic heterocycles. The standard InChI is InChI=1S/C23H23NO3S/c1-15-20(23(26)27-13-12-16-7-3-2-4-8-16)22(19-11-6-14-28-19)21-17(24-15)9-5-10-18(21)25/h2-4,6-8,11,14,20,22H,5,9-10,12-13H2,1H3/t20?,22-/m1/s1. The number of Topliss-reactive ketones (excluding diaryl/α,β-unsaturated/α-hetero) is 1. The molecule has 2 aromatic rings. The van der Waals surface area contributed by atoms with Gasteiger partial charge in [0.1, 0.15) is 5.92 Å². The first kappa shape index (κ1) is 18.8. The molecule has 0 fully saturated rings. The summed E-state index contributed by atoms with van der Waals surface area (Å²) in [6, 6.07) is 13.9. The van der Waals surface area contributed by atoms with E-state index in [0.29, 0.717) is 19.4 Å². The van der Waals surface area contributed by atoms with Crippen molar-refractivity contribution in [3.63, 3.8) is 0 Å². The third kappa shape index (κ3) is 3.72. The molecule has 0 amide bonds. The van der Waals surface area contributed by atoms with Crippen molar-refractivity contribution in [2.24, 2.45) is 10.9 Å². The number of thiophene rings is 1. The van der Waals surface area contributed by atoms with Crippen LogP contribution < -0.4 is 0 Å². The van der Waals surface area contributed by atoms with Crippen molar-refractivity contribution in [3.8, 4) is 0 Å². The Labute approximate surface area is 169 Å². The monoisotopic (exact) mass is 393 g/mol. The molecule has 1 aromatic carbocycles. The lowest BCUT2D eigenvalue weighted by atomic mass is 9.74. The van der Waals surface area contributed by atoms with Gasteiger partial charge in [0, 0.05) is 40.6 Å². The quantitative estimate of drug-likeness (QED) is 0.691. The number of ketones is 1. The summed E-state index contributed by atoms with van der Waals surface area (Å²) in [6.07, 6.45) is 2.84. The molecule has 5 heteroatoms. The minimum atomic E-state index is -0.532. The zero-order valence-electron chi connectivity index (χ0n) is 15.9. The third-order valence-corrected chi connectivity index (χ3v) is 6.37. The maximum absolute atomic E-state index is 13.1. The van der Waals surface area contributed by atoms with E-state index in [9.17, 15) is 9.59 Å². The zero-order chi connectivity index (χ0) is 19.5. The first-order valence-corrected chi connectivity index (χ1v) is 10.6. The van der Waals surface area contributed by atoms with Crippen LogP contribution in [0.1, 0.15) is 42.5 Å². The highest BCUT2D eigenvalue weighted by Crippen LogP contribution is 2.44. The van der Waals surface area contributed by atoms with Crippen molar-refractivity contribution in [1.82, 2.24) is 0 Å². The molecule has 0 saturated carbocycles. The average molecular weight is 394 g/mol. The molecular weight excluding hydrogens is 370 g/mol. The van der Waals surface area contributed by atoms with Crippen LogP contribution in [0.2, 0.25) is 0 Å². The molecule has 28 heavy (non-hydrogen) atoms. The van der Waals surface area contributed by atoms with Crippen LogP contribution >= 0.6 is 11.3 Å². The van der Waals surface area contributed by atoms with Crippen molar-refractivity contribution in [2.75, 3.05) is 6.61 Å². The molecule has 0 radical (unpaired) electrons. The highest BCUT2D eigenvalue weighted by atomic mass is 32.1. The maximum Gasteiger partial charge on any atom is 0.315 e. The predicted molar refractivity (Wildman–Crippen MR) is 111 cm³/mol. The molecule has 1 unspecified atom stereocenters. The average Bonchev–Trinajstić information content (AvgIpc) is 3.22. The van der Waals surface area contributed by atoms with E-state index >= 15 is 0 Å². The lowest BCUT2D eigenvalue weighted by Gasteiger charge is -2.33. The van der Waals surface area contributed by atoms with Gasteiger partial charge in [-0.2, -0.15) is 0 Å². The van der Waals surface area contributed by atoms with E-state index in [0.717, 1.165) is 40.3 Å². The normalized spacial score (nSPS) is 21.9. The van der Waals surface area contributed by atoms with E-state index in [2.05, 4.69) is 4.99 Å². The summed E-state index contributed by atoms with van der Waals surface area (Å²) in [6.45, 7) is 2.20. The third-order valence-electron chi connectivity index (χ3n) is 5.42. The Balaban J connectivity index is 1.58. The summed E-state index contributed by atoms with van der Waals surface area (Å²) in [5.74, 6) is -0.974. The second-order valence-corrected chi connectivity index (χ2v) is 8.24. The number of rotatable bonds is 5. The number of hydrogen-bond donors (Lipinski definition) is 0. The summed E-state index contributed by atoms with van der Waals surface area (Å²) in [5, 5.41) is 1.99. The minimum Gasteiger partial charge on any atom is -0.465 e. The number of carbonyl (C=O) groups excluding carboxylic acids is 2. The predicted octanol–water partition coefficient (Wildman–Crippen LogP) is 4.72. The Morgan fingerprint density at radius 2 is 2.00 bits per heavy atom. The van der Waals surface area contributed by atoms with Gasteiger partial charge in [-0.3, -0.25) is 14.6 Å². The molecular formula is C23H23NO3S. The van der Waals surface area contributed by atoms with Gasteiger partial charge in [-0.1, -0.05) is 36.4 Å². The number of aliphatic imine (C=N–C) groups is 1. The summed E-state index contributed by atoms with van der Waals surface area (Å²) in [5.41, 5.74) is 3.47. The van der Waals surface area contributed by atoms with Gasteiger partial charge in [0.2, 0.25) is 0 Å². The zero-order valence-corrected chi connectivity index (χ0v) is 16.7. The second-order valence-electron chi connectivity index (χ2n) is 7.26. The number of nitrogens with zero attached hydrogens (tertiary/aromatic N) is 1. The molecule has 0 saturated heterocycles.